The van der Waals surface area contributed by atoms with Crippen molar-refractivity contribution in [1.29, 1.82) is 0 Å². The van der Waals surface area contributed by atoms with Crippen LogP contribution in [0.5, 0.6) is 0 Å². The summed E-state index contributed by atoms with van der Waals surface area (Å²) in [4.78, 5) is 23.5. The second kappa shape index (κ2) is 6.12. The minimum atomic E-state index is -0.515. The standard InChI is InChI=1S/C17H20O4/c1-17(2,3)21-16(19)9-8-13(18)11-14-10-12-6-4-5-7-15(12)20-14/h4-7,10H,8-9,11H2,1-3H3. The van der Waals surface area contributed by atoms with Gasteiger partial charge < -0.3 is 9.15 Å². The van der Waals surface area contributed by atoms with E-state index in [1.807, 2.05) is 30.3 Å². The molecule has 0 bridgehead atoms. The van der Waals surface area contributed by atoms with Gasteiger partial charge in [-0.15, -0.1) is 0 Å². The number of benzene rings is 1. The molecule has 4 nitrogen and oxygen atoms in total. The lowest BCUT2D eigenvalue weighted by Gasteiger charge is -2.19. The Bertz CT molecular complexity index is 613. The van der Waals surface area contributed by atoms with E-state index < -0.39 is 5.60 Å². The Hall–Kier alpha value is -2.10. The molecule has 21 heavy (non-hydrogen) atoms. The Morgan fingerprint density at radius 2 is 1.86 bits per heavy atom. The number of carbonyl (C=O) groups is 2. The van der Waals surface area contributed by atoms with E-state index in [2.05, 4.69) is 0 Å². The number of ketones is 1. The predicted molar refractivity (Wildman–Crippen MR) is 80.0 cm³/mol. The first-order valence-corrected chi connectivity index (χ1v) is 7.04. The number of Topliss-reactive ketones (excluding diaryl/α,β-unsaturated/α-hetero) is 1. The monoisotopic (exact) mass is 288 g/mol. The summed E-state index contributed by atoms with van der Waals surface area (Å²) in [5, 5.41) is 0.979. The van der Waals surface area contributed by atoms with E-state index in [4.69, 9.17) is 9.15 Å². The fraction of sp³-hybridized carbons (Fsp3) is 0.412. The fourth-order valence-electron chi connectivity index (χ4n) is 2.04. The van der Waals surface area contributed by atoms with E-state index >= 15 is 0 Å². The molecule has 0 unspecified atom stereocenters. The zero-order valence-corrected chi connectivity index (χ0v) is 12.6. The largest absolute Gasteiger partial charge is 0.461 e. The van der Waals surface area contributed by atoms with Gasteiger partial charge in [0.05, 0.1) is 12.8 Å². The topological polar surface area (TPSA) is 56.5 Å². The smallest absolute Gasteiger partial charge is 0.306 e. The van der Waals surface area contributed by atoms with Gasteiger partial charge >= 0.3 is 5.97 Å². The van der Waals surface area contributed by atoms with Crippen LogP contribution in [0.1, 0.15) is 39.4 Å². The van der Waals surface area contributed by atoms with Gasteiger partial charge in [0, 0.05) is 11.8 Å². The lowest BCUT2D eigenvalue weighted by atomic mass is 10.1. The molecule has 0 aliphatic rings. The quantitative estimate of drug-likeness (QED) is 0.788. The molecule has 0 fully saturated rings. The molecule has 0 radical (unpaired) electrons. The molecule has 0 aliphatic heterocycles. The molecule has 1 aromatic heterocycles. The molecule has 2 rings (SSSR count). The highest BCUT2D eigenvalue weighted by Crippen LogP contribution is 2.19. The van der Waals surface area contributed by atoms with Crippen LogP contribution in [0.2, 0.25) is 0 Å². The zero-order valence-electron chi connectivity index (χ0n) is 12.6. The van der Waals surface area contributed by atoms with Gasteiger partial charge in [-0.1, -0.05) is 18.2 Å². The van der Waals surface area contributed by atoms with Crippen molar-refractivity contribution in [2.75, 3.05) is 0 Å². The molecule has 0 saturated carbocycles. The molecule has 1 aromatic carbocycles. The first-order valence-electron chi connectivity index (χ1n) is 7.04. The van der Waals surface area contributed by atoms with Gasteiger partial charge in [-0.25, -0.2) is 0 Å². The van der Waals surface area contributed by atoms with E-state index in [1.54, 1.807) is 20.8 Å². The molecule has 0 amide bonds. The number of esters is 1. The molecule has 4 heteroatoms. The molecule has 2 aromatic rings. The maximum absolute atomic E-state index is 11.9. The summed E-state index contributed by atoms with van der Waals surface area (Å²) >= 11 is 0. The highest BCUT2D eigenvalue weighted by Gasteiger charge is 2.17. The van der Waals surface area contributed by atoms with Crippen LogP contribution in [0.15, 0.2) is 34.7 Å². The second-order valence-corrected chi connectivity index (χ2v) is 6.05. The van der Waals surface area contributed by atoms with Crippen molar-refractivity contribution in [2.24, 2.45) is 0 Å². The second-order valence-electron chi connectivity index (χ2n) is 6.05. The van der Waals surface area contributed by atoms with Crippen LogP contribution in [0.25, 0.3) is 11.0 Å². The molecule has 0 atom stereocenters. The maximum Gasteiger partial charge on any atom is 0.306 e. The molecular weight excluding hydrogens is 268 g/mol. The number of ether oxygens (including phenoxy) is 1. The minimum absolute atomic E-state index is 0.0279. The summed E-state index contributed by atoms with van der Waals surface area (Å²) in [5.41, 5.74) is 0.256. The van der Waals surface area contributed by atoms with Crippen LogP contribution < -0.4 is 0 Å². The summed E-state index contributed by atoms with van der Waals surface area (Å²) in [6, 6.07) is 9.48. The van der Waals surface area contributed by atoms with Gasteiger partial charge in [0.15, 0.2) is 0 Å². The number of fused-ring (bicyclic) bond motifs is 1. The average molecular weight is 288 g/mol. The van der Waals surface area contributed by atoms with Gasteiger partial charge in [-0.2, -0.15) is 0 Å². The maximum atomic E-state index is 11.9. The summed E-state index contributed by atoms with van der Waals surface area (Å²) in [7, 11) is 0. The zero-order chi connectivity index (χ0) is 15.5. The first kappa shape index (κ1) is 15.3. The van der Waals surface area contributed by atoms with Crippen molar-refractivity contribution >= 4 is 22.7 Å². The number of hydrogen-bond donors (Lipinski definition) is 0. The summed E-state index contributed by atoms with van der Waals surface area (Å²) in [6.07, 6.45) is 0.486. The Kier molecular flexibility index (Phi) is 4.46. The third-order valence-corrected chi connectivity index (χ3v) is 2.88. The Morgan fingerprint density at radius 1 is 1.14 bits per heavy atom. The van der Waals surface area contributed by atoms with Crippen molar-refractivity contribution in [3.8, 4) is 0 Å². The minimum Gasteiger partial charge on any atom is -0.461 e. The molecule has 1 heterocycles. The van der Waals surface area contributed by atoms with Gasteiger partial charge in [0.1, 0.15) is 22.7 Å². The van der Waals surface area contributed by atoms with Crippen molar-refractivity contribution < 1.29 is 18.7 Å². The number of rotatable bonds is 5. The van der Waals surface area contributed by atoms with Crippen molar-refractivity contribution in [1.82, 2.24) is 0 Å². The number of para-hydroxylation sites is 1. The Balaban J connectivity index is 1.86. The Labute approximate surface area is 124 Å². The SMILES string of the molecule is CC(C)(C)OC(=O)CCC(=O)Cc1cc2ccccc2o1. The average Bonchev–Trinajstić information content (AvgIpc) is 2.76. The van der Waals surface area contributed by atoms with Gasteiger partial charge in [0.2, 0.25) is 0 Å². The van der Waals surface area contributed by atoms with Crippen LogP contribution in [0.3, 0.4) is 0 Å². The highest BCUT2D eigenvalue weighted by molar-refractivity contribution is 5.86. The summed E-state index contributed by atoms with van der Waals surface area (Å²) in [5.74, 6) is 0.255. The normalized spacial score (nSPS) is 11.6. The van der Waals surface area contributed by atoms with Crippen molar-refractivity contribution in [3.05, 3.63) is 36.1 Å². The molecular formula is C17H20O4. The van der Waals surface area contributed by atoms with Crippen LogP contribution in [0, 0.1) is 0 Å². The van der Waals surface area contributed by atoms with E-state index in [9.17, 15) is 9.59 Å². The Morgan fingerprint density at radius 3 is 2.52 bits per heavy atom. The molecule has 0 spiro atoms. The van der Waals surface area contributed by atoms with E-state index in [-0.39, 0.29) is 31.0 Å². The highest BCUT2D eigenvalue weighted by atomic mass is 16.6. The number of furan rings is 1. The van der Waals surface area contributed by atoms with Gasteiger partial charge in [0.25, 0.3) is 0 Å². The van der Waals surface area contributed by atoms with E-state index in [0.29, 0.717) is 5.76 Å². The van der Waals surface area contributed by atoms with Gasteiger partial charge in [-0.05, 0) is 32.9 Å². The molecule has 0 saturated heterocycles. The van der Waals surface area contributed by atoms with Crippen molar-refractivity contribution in [3.63, 3.8) is 0 Å². The van der Waals surface area contributed by atoms with Crippen LogP contribution in [0.4, 0.5) is 0 Å². The fourth-order valence-corrected chi connectivity index (χ4v) is 2.04. The molecule has 0 aliphatic carbocycles. The van der Waals surface area contributed by atoms with E-state index in [1.165, 1.54) is 0 Å². The lowest BCUT2D eigenvalue weighted by Crippen LogP contribution is -2.24. The molecule has 112 valence electrons. The van der Waals surface area contributed by atoms with Crippen LogP contribution in [-0.2, 0) is 20.7 Å². The lowest BCUT2D eigenvalue weighted by molar-refractivity contribution is -0.155. The number of carbonyl (C=O) groups excluding carboxylic acids is 2. The third kappa shape index (κ3) is 4.74. The third-order valence-electron chi connectivity index (χ3n) is 2.88. The number of hydrogen-bond acceptors (Lipinski definition) is 4. The summed E-state index contributed by atoms with van der Waals surface area (Å²) < 4.78 is 10.8. The van der Waals surface area contributed by atoms with Gasteiger partial charge in [-0.3, -0.25) is 9.59 Å². The predicted octanol–water partition coefficient (Wildman–Crippen LogP) is 3.67. The first-order chi connectivity index (χ1) is 9.83. The van der Waals surface area contributed by atoms with Crippen molar-refractivity contribution in [2.45, 2.75) is 45.6 Å². The molecule has 0 N–H and O–H groups in total. The summed E-state index contributed by atoms with van der Waals surface area (Å²) in [6.45, 7) is 5.42. The van der Waals surface area contributed by atoms with E-state index in [0.717, 1.165) is 11.0 Å². The van der Waals surface area contributed by atoms with Crippen LogP contribution in [-0.4, -0.2) is 17.4 Å². The van der Waals surface area contributed by atoms with Crippen LogP contribution >= 0.6 is 0 Å².